The maximum atomic E-state index is 13.0. The minimum atomic E-state index is -0.631. The van der Waals surface area contributed by atoms with Crippen molar-refractivity contribution >= 4 is 46.4 Å². The Morgan fingerprint density at radius 2 is 1.59 bits per heavy atom. The molecule has 0 aliphatic carbocycles. The summed E-state index contributed by atoms with van der Waals surface area (Å²) in [5.74, 6) is -2.05. The monoisotopic (exact) mass is 449 g/mol. The van der Waals surface area contributed by atoms with E-state index in [4.69, 9.17) is 11.6 Å². The van der Waals surface area contributed by atoms with Gasteiger partial charge in [-0.05, 0) is 61.5 Å². The summed E-state index contributed by atoms with van der Waals surface area (Å²) in [6.45, 7) is 1.90. The van der Waals surface area contributed by atoms with Crippen LogP contribution in [-0.4, -0.2) is 17.7 Å². The second-order valence-corrected chi connectivity index (χ2v) is 7.52. The summed E-state index contributed by atoms with van der Waals surface area (Å²) in [5.41, 5.74) is 2.45. The molecule has 0 atom stereocenters. The number of imide groups is 1. The molecule has 0 fully saturated rings. The van der Waals surface area contributed by atoms with Crippen LogP contribution in [0.5, 0.6) is 0 Å². The van der Waals surface area contributed by atoms with E-state index in [-0.39, 0.29) is 10.7 Å². The zero-order chi connectivity index (χ0) is 22.8. The van der Waals surface area contributed by atoms with Gasteiger partial charge >= 0.3 is 0 Å². The standard InChI is InChI=1S/C24H17ClFN3O3/c1-14-5-11-19(12-6-14)29-23(31)20(25)21(24(29)32)27-18-4-2-3-15(13-18)22(30)28-17-9-7-16(26)8-10-17/h2-13,27H,1H3,(H,28,30). The SMILES string of the molecule is Cc1ccc(N2C(=O)C(Cl)=C(Nc3cccc(C(=O)Nc4ccc(F)cc4)c3)C2=O)cc1. The zero-order valence-corrected chi connectivity index (χ0v) is 17.6. The summed E-state index contributed by atoms with van der Waals surface area (Å²) in [5, 5.41) is 5.28. The lowest BCUT2D eigenvalue weighted by atomic mass is 10.1. The third-order valence-corrected chi connectivity index (χ3v) is 5.17. The number of nitrogens with zero attached hydrogens (tertiary/aromatic N) is 1. The van der Waals surface area contributed by atoms with E-state index in [1.165, 1.54) is 30.3 Å². The smallest absolute Gasteiger partial charge is 0.283 e. The molecule has 0 radical (unpaired) electrons. The Hall–Kier alpha value is -3.97. The van der Waals surface area contributed by atoms with E-state index in [2.05, 4.69) is 10.6 Å². The predicted molar refractivity (Wildman–Crippen MR) is 121 cm³/mol. The van der Waals surface area contributed by atoms with Gasteiger partial charge in [-0.2, -0.15) is 0 Å². The van der Waals surface area contributed by atoms with E-state index in [1.54, 1.807) is 42.5 Å². The highest BCUT2D eigenvalue weighted by atomic mass is 35.5. The lowest BCUT2D eigenvalue weighted by Crippen LogP contribution is -2.32. The molecule has 2 N–H and O–H groups in total. The lowest BCUT2D eigenvalue weighted by molar-refractivity contribution is -0.120. The Bertz CT molecular complexity index is 1250. The molecule has 0 aromatic heterocycles. The third kappa shape index (κ3) is 4.24. The number of carbonyl (C=O) groups excluding carboxylic acids is 3. The summed E-state index contributed by atoms with van der Waals surface area (Å²) in [4.78, 5) is 39.0. The first kappa shape index (κ1) is 21.3. The van der Waals surface area contributed by atoms with Crippen molar-refractivity contribution in [1.29, 1.82) is 0 Å². The van der Waals surface area contributed by atoms with E-state index in [9.17, 15) is 18.8 Å². The predicted octanol–water partition coefficient (Wildman–Crippen LogP) is 4.82. The van der Waals surface area contributed by atoms with Crippen LogP contribution >= 0.6 is 11.6 Å². The highest BCUT2D eigenvalue weighted by molar-refractivity contribution is 6.53. The maximum Gasteiger partial charge on any atom is 0.283 e. The summed E-state index contributed by atoms with van der Waals surface area (Å²) < 4.78 is 13.0. The highest BCUT2D eigenvalue weighted by Crippen LogP contribution is 2.30. The molecule has 160 valence electrons. The van der Waals surface area contributed by atoms with Crippen molar-refractivity contribution < 1.29 is 18.8 Å². The van der Waals surface area contributed by atoms with Crippen LogP contribution < -0.4 is 15.5 Å². The van der Waals surface area contributed by atoms with Gasteiger partial charge in [0.1, 0.15) is 16.5 Å². The molecule has 1 heterocycles. The average molecular weight is 450 g/mol. The molecule has 0 unspecified atom stereocenters. The van der Waals surface area contributed by atoms with E-state index in [0.29, 0.717) is 22.6 Å². The number of rotatable bonds is 5. The number of anilines is 3. The van der Waals surface area contributed by atoms with Crippen molar-refractivity contribution in [2.24, 2.45) is 0 Å². The van der Waals surface area contributed by atoms with Crippen molar-refractivity contribution in [3.63, 3.8) is 0 Å². The molecule has 4 rings (SSSR count). The number of hydrogen-bond acceptors (Lipinski definition) is 4. The van der Waals surface area contributed by atoms with Crippen molar-refractivity contribution in [3.05, 3.63) is 100 Å². The number of amides is 3. The Morgan fingerprint density at radius 3 is 2.28 bits per heavy atom. The van der Waals surface area contributed by atoms with Crippen molar-refractivity contribution in [2.45, 2.75) is 6.92 Å². The molecule has 6 nitrogen and oxygen atoms in total. The van der Waals surface area contributed by atoms with Gasteiger partial charge in [-0.1, -0.05) is 35.4 Å². The molecule has 0 spiro atoms. The number of aryl methyl sites for hydroxylation is 1. The molecule has 32 heavy (non-hydrogen) atoms. The van der Waals surface area contributed by atoms with Gasteiger partial charge in [-0.25, -0.2) is 9.29 Å². The summed E-state index contributed by atoms with van der Waals surface area (Å²) >= 11 is 6.17. The first-order valence-corrected chi connectivity index (χ1v) is 10.0. The van der Waals surface area contributed by atoms with E-state index in [0.717, 1.165) is 10.5 Å². The van der Waals surface area contributed by atoms with Crippen LogP contribution in [0.3, 0.4) is 0 Å². The second-order valence-electron chi connectivity index (χ2n) is 7.14. The van der Waals surface area contributed by atoms with Gasteiger partial charge in [-0.15, -0.1) is 0 Å². The molecule has 0 saturated carbocycles. The van der Waals surface area contributed by atoms with Crippen LogP contribution in [0.4, 0.5) is 21.5 Å². The van der Waals surface area contributed by atoms with Crippen LogP contribution in [0.2, 0.25) is 0 Å². The molecule has 8 heteroatoms. The molecular weight excluding hydrogens is 433 g/mol. The third-order valence-electron chi connectivity index (χ3n) is 4.82. The van der Waals surface area contributed by atoms with Gasteiger partial charge in [0.2, 0.25) is 0 Å². The first-order valence-electron chi connectivity index (χ1n) is 9.63. The number of nitrogens with one attached hydrogen (secondary N) is 2. The normalized spacial score (nSPS) is 13.5. The van der Waals surface area contributed by atoms with E-state index >= 15 is 0 Å². The average Bonchev–Trinajstić information content (AvgIpc) is 2.99. The first-order chi connectivity index (χ1) is 15.3. The Kier molecular flexibility index (Phi) is 5.75. The van der Waals surface area contributed by atoms with Crippen LogP contribution in [0.25, 0.3) is 0 Å². The van der Waals surface area contributed by atoms with Crippen LogP contribution in [0.15, 0.2) is 83.5 Å². The second kappa shape index (κ2) is 8.64. The summed E-state index contributed by atoms with van der Waals surface area (Å²) in [7, 11) is 0. The topological polar surface area (TPSA) is 78.5 Å². The molecule has 3 amide bonds. The number of benzene rings is 3. The van der Waals surface area contributed by atoms with Gasteiger partial charge in [0, 0.05) is 16.9 Å². The number of halogens is 2. The highest BCUT2D eigenvalue weighted by Gasteiger charge is 2.38. The number of carbonyl (C=O) groups is 3. The maximum absolute atomic E-state index is 13.0. The molecule has 0 saturated heterocycles. The molecule has 1 aliphatic heterocycles. The summed E-state index contributed by atoms with van der Waals surface area (Å²) in [6.07, 6.45) is 0. The van der Waals surface area contributed by atoms with E-state index in [1.807, 2.05) is 6.92 Å². The quantitative estimate of drug-likeness (QED) is 0.547. The van der Waals surface area contributed by atoms with Crippen LogP contribution in [-0.2, 0) is 9.59 Å². The lowest BCUT2D eigenvalue weighted by Gasteiger charge is -2.15. The Balaban J connectivity index is 1.53. The van der Waals surface area contributed by atoms with Crippen molar-refractivity contribution in [3.8, 4) is 0 Å². The molecule has 3 aromatic rings. The van der Waals surface area contributed by atoms with Crippen molar-refractivity contribution in [1.82, 2.24) is 0 Å². The zero-order valence-electron chi connectivity index (χ0n) is 16.9. The van der Waals surface area contributed by atoms with Gasteiger partial charge in [0.05, 0.1) is 5.69 Å². The van der Waals surface area contributed by atoms with Gasteiger partial charge in [-0.3, -0.25) is 14.4 Å². The van der Waals surface area contributed by atoms with Crippen molar-refractivity contribution in [2.75, 3.05) is 15.5 Å². The Morgan fingerprint density at radius 1 is 0.906 bits per heavy atom. The molecular formula is C24H17ClFN3O3. The largest absolute Gasteiger partial charge is 0.350 e. The van der Waals surface area contributed by atoms with Crippen LogP contribution in [0.1, 0.15) is 15.9 Å². The fourth-order valence-corrected chi connectivity index (χ4v) is 3.37. The minimum absolute atomic E-state index is 0.0756. The van der Waals surface area contributed by atoms with Gasteiger partial charge in [0.25, 0.3) is 17.7 Å². The Labute approximate surface area is 188 Å². The molecule has 0 bridgehead atoms. The van der Waals surface area contributed by atoms with Crippen LogP contribution in [0, 0.1) is 12.7 Å². The molecule has 3 aromatic carbocycles. The van der Waals surface area contributed by atoms with Gasteiger partial charge in [0.15, 0.2) is 0 Å². The molecule has 1 aliphatic rings. The fraction of sp³-hybridized carbons (Fsp3) is 0.0417. The number of hydrogen-bond donors (Lipinski definition) is 2. The summed E-state index contributed by atoms with van der Waals surface area (Å²) in [6, 6.07) is 18.6. The van der Waals surface area contributed by atoms with E-state index < -0.39 is 23.5 Å². The minimum Gasteiger partial charge on any atom is -0.350 e. The fourth-order valence-electron chi connectivity index (χ4n) is 3.16. The van der Waals surface area contributed by atoms with Gasteiger partial charge < -0.3 is 10.6 Å².